The van der Waals surface area contributed by atoms with E-state index in [1.165, 1.54) is 5.56 Å². The Hall–Kier alpha value is -2.33. The Bertz CT molecular complexity index is 591. The lowest BCUT2D eigenvalue weighted by atomic mass is 10.2. The molecule has 0 aromatic heterocycles. The molecule has 2 aromatic rings. The number of hydrogen-bond acceptors (Lipinski definition) is 3. The van der Waals surface area contributed by atoms with E-state index in [4.69, 9.17) is 4.74 Å². The summed E-state index contributed by atoms with van der Waals surface area (Å²) in [7, 11) is 1.75. The second-order valence-corrected chi connectivity index (χ2v) is 4.94. The highest BCUT2D eigenvalue weighted by atomic mass is 16.5. The average Bonchev–Trinajstić information content (AvgIpc) is 2.50. The first-order chi connectivity index (χ1) is 10.1. The number of amides is 1. The van der Waals surface area contributed by atoms with Crippen LogP contribution >= 0.6 is 0 Å². The third-order valence-electron chi connectivity index (χ3n) is 3.20. The highest BCUT2D eigenvalue weighted by Crippen LogP contribution is 2.23. The molecular formula is C17H20N2O2. The fourth-order valence-electron chi connectivity index (χ4n) is 1.73. The monoisotopic (exact) mass is 284 g/mol. The quantitative estimate of drug-likeness (QED) is 0.885. The first kappa shape index (κ1) is 15.1. The molecule has 0 heterocycles. The zero-order valence-corrected chi connectivity index (χ0v) is 12.5. The van der Waals surface area contributed by atoms with Gasteiger partial charge in [0.1, 0.15) is 11.5 Å². The Balaban J connectivity index is 1.98. The van der Waals surface area contributed by atoms with Crippen molar-refractivity contribution in [3.8, 4) is 11.5 Å². The summed E-state index contributed by atoms with van der Waals surface area (Å²) < 4.78 is 5.74. The van der Waals surface area contributed by atoms with Crippen LogP contribution in [0, 0.1) is 6.92 Å². The van der Waals surface area contributed by atoms with E-state index in [1.54, 1.807) is 7.05 Å². The Morgan fingerprint density at radius 1 is 1.00 bits per heavy atom. The van der Waals surface area contributed by atoms with Gasteiger partial charge in [0, 0.05) is 5.69 Å². The molecule has 2 N–H and O–H groups in total. The van der Waals surface area contributed by atoms with Gasteiger partial charge in [-0.05, 0) is 57.3 Å². The van der Waals surface area contributed by atoms with Crippen LogP contribution < -0.4 is 15.4 Å². The first-order valence-electron chi connectivity index (χ1n) is 6.91. The second-order valence-electron chi connectivity index (χ2n) is 4.94. The van der Waals surface area contributed by atoms with Gasteiger partial charge in [0.2, 0.25) is 5.91 Å². The lowest BCUT2D eigenvalue weighted by Gasteiger charge is -2.11. The molecule has 1 atom stereocenters. The Labute approximate surface area is 125 Å². The smallest absolute Gasteiger partial charge is 0.241 e. The number of carbonyl (C=O) groups is 1. The molecule has 0 aliphatic carbocycles. The number of benzene rings is 2. The van der Waals surface area contributed by atoms with E-state index in [0.29, 0.717) is 0 Å². The van der Waals surface area contributed by atoms with Crippen molar-refractivity contribution in [2.75, 3.05) is 12.4 Å². The maximum absolute atomic E-state index is 11.7. The summed E-state index contributed by atoms with van der Waals surface area (Å²) in [5.74, 6) is 1.46. The zero-order valence-electron chi connectivity index (χ0n) is 12.5. The van der Waals surface area contributed by atoms with E-state index in [2.05, 4.69) is 10.6 Å². The molecular weight excluding hydrogens is 264 g/mol. The van der Waals surface area contributed by atoms with Crippen LogP contribution in [0.4, 0.5) is 5.69 Å². The summed E-state index contributed by atoms with van der Waals surface area (Å²) in [6.07, 6.45) is 0. The molecule has 21 heavy (non-hydrogen) atoms. The average molecular weight is 284 g/mol. The van der Waals surface area contributed by atoms with Crippen molar-refractivity contribution in [2.45, 2.75) is 19.9 Å². The molecule has 0 bridgehead atoms. The van der Waals surface area contributed by atoms with Gasteiger partial charge in [0.15, 0.2) is 0 Å². The maximum Gasteiger partial charge on any atom is 0.241 e. The van der Waals surface area contributed by atoms with Gasteiger partial charge in [-0.15, -0.1) is 0 Å². The molecule has 0 saturated heterocycles. The number of carbonyl (C=O) groups excluding carboxylic acids is 1. The van der Waals surface area contributed by atoms with Crippen LogP contribution in [0.3, 0.4) is 0 Å². The predicted octanol–water partition coefficient (Wildman–Crippen LogP) is 3.33. The van der Waals surface area contributed by atoms with E-state index in [0.717, 1.165) is 17.2 Å². The molecule has 2 aromatic carbocycles. The standard InChI is InChI=1S/C17H20N2O2/c1-12-4-8-15(9-5-12)21-16-10-6-14(7-11-16)19-17(20)13(2)18-3/h4-11,13,18H,1-3H3,(H,19,20). The van der Waals surface area contributed by atoms with Crippen LogP contribution in [0.15, 0.2) is 48.5 Å². The zero-order chi connectivity index (χ0) is 15.2. The molecule has 110 valence electrons. The van der Waals surface area contributed by atoms with Crippen molar-refractivity contribution < 1.29 is 9.53 Å². The van der Waals surface area contributed by atoms with Crippen molar-refractivity contribution in [2.24, 2.45) is 0 Å². The molecule has 0 saturated carbocycles. The van der Waals surface area contributed by atoms with Crippen LogP contribution in [-0.4, -0.2) is 19.0 Å². The molecule has 1 amide bonds. The number of rotatable bonds is 5. The van der Waals surface area contributed by atoms with E-state index in [-0.39, 0.29) is 11.9 Å². The molecule has 0 radical (unpaired) electrons. The normalized spacial score (nSPS) is 11.8. The van der Waals surface area contributed by atoms with Crippen molar-refractivity contribution >= 4 is 11.6 Å². The van der Waals surface area contributed by atoms with Gasteiger partial charge < -0.3 is 15.4 Å². The number of aryl methyl sites for hydroxylation is 1. The molecule has 0 aliphatic rings. The number of anilines is 1. The van der Waals surface area contributed by atoms with E-state index >= 15 is 0 Å². The minimum absolute atomic E-state index is 0.0651. The Morgan fingerprint density at radius 3 is 2.05 bits per heavy atom. The molecule has 0 fully saturated rings. The number of hydrogen-bond donors (Lipinski definition) is 2. The van der Waals surface area contributed by atoms with Crippen LogP contribution in [0.1, 0.15) is 12.5 Å². The topological polar surface area (TPSA) is 50.4 Å². The summed E-state index contributed by atoms with van der Waals surface area (Å²) in [5.41, 5.74) is 1.94. The minimum Gasteiger partial charge on any atom is -0.457 e. The molecule has 0 aliphatic heterocycles. The third kappa shape index (κ3) is 4.33. The van der Waals surface area contributed by atoms with Crippen molar-refractivity contribution in [3.05, 3.63) is 54.1 Å². The molecule has 0 spiro atoms. The largest absolute Gasteiger partial charge is 0.457 e. The minimum atomic E-state index is -0.228. The van der Waals surface area contributed by atoms with Crippen molar-refractivity contribution in [3.63, 3.8) is 0 Å². The van der Waals surface area contributed by atoms with Gasteiger partial charge in [-0.1, -0.05) is 17.7 Å². The number of nitrogens with one attached hydrogen (secondary N) is 2. The van der Waals surface area contributed by atoms with Gasteiger partial charge in [-0.25, -0.2) is 0 Å². The lowest BCUT2D eigenvalue weighted by Crippen LogP contribution is -2.35. The van der Waals surface area contributed by atoms with Crippen LogP contribution in [-0.2, 0) is 4.79 Å². The SMILES string of the molecule is CNC(C)C(=O)Nc1ccc(Oc2ccc(C)cc2)cc1. The molecule has 1 unspecified atom stereocenters. The van der Waals surface area contributed by atoms with Crippen molar-refractivity contribution in [1.82, 2.24) is 5.32 Å². The van der Waals surface area contributed by atoms with E-state index < -0.39 is 0 Å². The second kappa shape index (κ2) is 6.90. The third-order valence-corrected chi connectivity index (χ3v) is 3.20. The van der Waals surface area contributed by atoms with Gasteiger partial charge in [0.05, 0.1) is 6.04 Å². The summed E-state index contributed by atoms with van der Waals surface area (Å²) in [4.78, 5) is 11.7. The van der Waals surface area contributed by atoms with E-state index in [1.807, 2.05) is 62.4 Å². The molecule has 4 heteroatoms. The summed E-state index contributed by atoms with van der Waals surface area (Å²) >= 11 is 0. The first-order valence-corrected chi connectivity index (χ1v) is 6.91. The fourth-order valence-corrected chi connectivity index (χ4v) is 1.73. The highest BCUT2D eigenvalue weighted by Gasteiger charge is 2.09. The van der Waals surface area contributed by atoms with E-state index in [9.17, 15) is 4.79 Å². The summed E-state index contributed by atoms with van der Waals surface area (Å²) in [5, 5.41) is 5.73. The molecule has 2 rings (SSSR count). The van der Waals surface area contributed by atoms with Gasteiger partial charge >= 0.3 is 0 Å². The fraction of sp³-hybridized carbons (Fsp3) is 0.235. The van der Waals surface area contributed by atoms with Crippen LogP contribution in [0.5, 0.6) is 11.5 Å². The number of likely N-dealkylation sites (N-methyl/N-ethyl adjacent to an activating group) is 1. The Kier molecular flexibility index (Phi) is 4.95. The maximum atomic E-state index is 11.7. The summed E-state index contributed by atoms with van der Waals surface area (Å²) in [6.45, 7) is 3.84. The van der Waals surface area contributed by atoms with Gasteiger partial charge in [0.25, 0.3) is 0 Å². The van der Waals surface area contributed by atoms with Crippen LogP contribution in [0.25, 0.3) is 0 Å². The van der Waals surface area contributed by atoms with Crippen molar-refractivity contribution in [1.29, 1.82) is 0 Å². The van der Waals surface area contributed by atoms with Gasteiger partial charge in [-0.2, -0.15) is 0 Å². The number of ether oxygens (including phenoxy) is 1. The summed E-state index contributed by atoms with van der Waals surface area (Å²) in [6, 6.07) is 15.0. The van der Waals surface area contributed by atoms with Gasteiger partial charge in [-0.3, -0.25) is 4.79 Å². The highest BCUT2D eigenvalue weighted by molar-refractivity contribution is 5.94. The predicted molar refractivity (Wildman–Crippen MR) is 84.8 cm³/mol. The van der Waals surface area contributed by atoms with Crippen LogP contribution in [0.2, 0.25) is 0 Å². The molecule has 4 nitrogen and oxygen atoms in total. The lowest BCUT2D eigenvalue weighted by molar-refractivity contribution is -0.117. The Morgan fingerprint density at radius 2 is 1.52 bits per heavy atom.